The van der Waals surface area contributed by atoms with Crippen LogP contribution in [0.2, 0.25) is 0 Å². The largest absolute Gasteiger partial charge is 0.349 e. The van der Waals surface area contributed by atoms with Crippen LogP contribution in [0.5, 0.6) is 0 Å². The molecule has 0 radical (unpaired) electrons. The van der Waals surface area contributed by atoms with Crippen molar-refractivity contribution in [3.05, 3.63) is 52.0 Å². The monoisotopic (exact) mass is 382 g/mol. The zero-order chi connectivity index (χ0) is 19.1. The average molecular weight is 382 g/mol. The van der Waals surface area contributed by atoms with Crippen LogP contribution in [0.15, 0.2) is 36.4 Å². The highest BCUT2D eigenvalue weighted by Gasteiger charge is 2.46. The quantitative estimate of drug-likeness (QED) is 0.711. The zero-order valence-corrected chi connectivity index (χ0v) is 16.3. The molecular formula is C20H22N4O2S. The summed E-state index contributed by atoms with van der Waals surface area (Å²) < 4.78 is 0. The van der Waals surface area contributed by atoms with E-state index >= 15 is 0 Å². The highest BCUT2D eigenvalue weighted by molar-refractivity contribution is 7.14. The Morgan fingerprint density at radius 1 is 1.26 bits per heavy atom. The number of imidazole rings is 1. The molecule has 1 unspecified atom stereocenters. The van der Waals surface area contributed by atoms with Crippen LogP contribution in [0.3, 0.4) is 0 Å². The van der Waals surface area contributed by atoms with Gasteiger partial charge in [0.2, 0.25) is 5.91 Å². The molecule has 0 spiro atoms. The van der Waals surface area contributed by atoms with E-state index in [4.69, 9.17) is 0 Å². The van der Waals surface area contributed by atoms with Gasteiger partial charge in [-0.25, -0.2) is 4.98 Å². The van der Waals surface area contributed by atoms with Crippen molar-refractivity contribution < 1.29 is 9.59 Å². The van der Waals surface area contributed by atoms with E-state index in [1.165, 1.54) is 11.3 Å². The van der Waals surface area contributed by atoms with E-state index in [0.717, 1.165) is 28.2 Å². The Labute approximate surface area is 161 Å². The van der Waals surface area contributed by atoms with Gasteiger partial charge in [0, 0.05) is 30.8 Å². The van der Waals surface area contributed by atoms with Gasteiger partial charge >= 0.3 is 0 Å². The van der Waals surface area contributed by atoms with Gasteiger partial charge in [-0.15, -0.1) is 11.3 Å². The first kappa shape index (κ1) is 17.7. The fraction of sp³-hybridized carbons (Fsp3) is 0.350. The predicted octanol–water partition coefficient (Wildman–Crippen LogP) is 3.31. The highest BCUT2D eigenvalue weighted by Crippen LogP contribution is 2.47. The fourth-order valence-corrected chi connectivity index (χ4v) is 4.28. The summed E-state index contributed by atoms with van der Waals surface area (Å²) in [7, 11) is 3.47. The average Bonchev–Trinajstić information content (AvgIpc) is 3.11. The second-order valence-corrected chi connectivity index (χ2v) is 8.34. The van der Waals surface area contributed by atoms with Crippen LogP contribution in [-0.4, -0.2) is 40.8 Å². The summed E-state index contributed by atoms with van der Waals surface area (Å²) in [6.07, 6.45) is 0.813. The molecule has 140 valence electrons. The number of nitrogens with one attached hydrogen (secondary N) is 2. The van der Waals surface area contributed by atoms with Crippen LogP contribution in [0, 0.1) is 5.92 Å². The van der Waals surface area contributed by atoms with Crippen molar-refractivity contribution in [3.8, 4) is 0 Å². The van der Waals surface area contributed by atoms with Crippen LogP contribution in [-0.2, 0) is 4.79 Å². The van der Waals surface area contributed by atoms with Crippen LogP contribution in [0.25, 0.3) is 11.0 Å². The van der Waals surface area contributed by atoms with Crippen molar-refractivity contribution in [1.29, 1.82) is 0 Å². The maximum Gasteiger partial charge on any atom is 0.263 e. The molecule has 2 N–H and O–H groups in total. The smallest absolute Gasteiger partial charge is 0.263 e. The normalized spacial score (nSPS) is 19.7. The molecule has 6 nitrogen and oxygen atoms in total. The number of thiophene rings is 1. The van der Waals surface area contributed by atoms with Gasteiger partial charge in [-0.2, -0.15) is 0 Å². The van der Waals surface area contributed by atoms with Crippen molar-refractivity contribution in [3.63, 3.8) is 0 Å². The highest BCUT2D eigenvalue weighted by atomic mass is 32.1. The number of fused-ring (bicyclic) bond motifs is 1. The van der Waals surface area contributed by atoms with Crippen molar-refractivity contribution in [2.75, 3.05) is 14.1 Å². The Kier molecular flexibility index (Phi) is 4.47. The van der Waals surface area contributed by atoms with E-state index in [2.05, 4.69) is 15.3 Å². The molecule has 0 bridgehead atoms. The maximum absolute atomic E-state index is 12.6. The number of para-hydroxylation sites is 2. The maximum atomic E-state index is 12.6. The Morgan fingerprint density at radius 2 is 2.04 bits per heavy atom. The molecule has 1 aliphatic rings. The van der Waals surface area contributed by atoms with Crippen molar-refractivity contribution in [1.82, 2.24) is 20.2 Å². The second-order valence-electron chi connectivity index (χ2n) is 7.22. The van der Waals surface area contributed by atoms with Crippen molar-refractivity contribution in [2.24, 2.45) is 5.92 Å². The molecule has 1 saturated carbocycles. The van der Waals surface area contributed by atoms with E-state index in [-0.39, 0.29) is 29.7 Å². The van der Waals surface area contributed by atoms with Gasteiger partial charge < -0.3 is 15.2 Å². The Morgan fingerprint density at radius 3 is 2.78 bits per heavy atom. The first-order valence-electron chi connectivity index (χ1n) is 9.00. The van der Waals surface area contributed by atoms with Crippen LogP contribution < -0.4 is 5.32 Å². The zero-order valence-electron chi connectivity index (χ0n) is 15.5. The summed E-state index contributed by atoms with van der Waals surface area (Å²) in [4.78, 5) is 35.8. The minimum Gasteiger partial charge on any atom is -0.349 e. The lowest BCUT2D eigenvalue weighted by molar-refractivity contribution is -0.123. The number of rotatable bonds is 5. The molecule has 27 heavy (non-hydrogen) atoms. The molecule has 3 atom stereocenters. The van der Waals surface area contributed by atoms with Gasteiger partial charge in [0.1, 0.15) is 5.82 Å². The van der Waals surface area contributed by atoms with Crippen LogP contribution >= 0.6 is 11.3 Å². The van der Waals surface area contributed by atoms with Crippen molar-refractivity contribution >= 4 is 34.2 Å². The minimum atomic E-state index is -0.122. The number of carbonyl (C=O) groups excluding carboxylic acids is 2. The van der Waals surface area contributed by atoms with E-state index in [1.807, 2.05) is 43.3 Å². The molecule has 2 amide bonds. The SMILES string of the molecule is CC(NC(=O)[C@H]1C[C@@H]1c1nc2ccccc2[nH]1)c1ccc(C(=O)N(C)C)s1. The summed E-state index contributed by atoms with van der Waals surface area (Å²) in [6, 6.07) is 11.5. The molecule has 1 fully saturated rings. The summed E-state index contributed by atoms with van der Waals surface area (Å²) in [6.45, 7) is 1.95. The Hall–Kier alpha value is -2.67. The van der Waals surface area contributed by atoms with Gasteiger partial charge in [-0.1, -0.05) is 12.1 Å². The number of hydrogen-bond donors (Lipinski definition) is 2. The molecule has 2 heterocycles. The van der Waals surface area contributed by atoms with Gasteiger partial charge in [0.05, 0.1) is 22.0 Å². The minimum absolute atomic E-state index is 0.0167. The number of aromatic nitrogens is 2. The summed E-state index contributed by atoms with van der Waals surface area (Å²) in [5, 5.41) is 3.08. The molecule has 1 aliphatic carbocycles. The molecule has 0 aliphatic heterocycles. The van der Waals surface area contributed by atoms with Crippen LogP contribution in [0.1, 0.15) is 45.7 Å². The molecule has 2 aromatic heterocycles. The van der Waals surface area contributed by atoms with Gasteiger partial charge in [0.15, 0.2) is 0 Å². The molecular weight excluding hydrogens is 360 g/mol. The van der Waals surface area contributed by atoms with Gasteiger partial charge in [-0.05, 0) is 37.6 Å². The number of nitrogens with zero attached hydrogens (tertiary/aromatic N) is 2. The lowest BCUT2D eigenvalue weighted by atomic mass is 10.2. The van der Waals surface area contributed by atoms with E-state index in [9.17, 15) is 9.59 Å². The second kappa shape index (κ2) is 6.81. The number of amides is 2. The van der Waals surface area contributed by atoms with Crippen LogP contribution in [0.4, 0.5) is 0 Å². The topological polar surface area (TPSA) is 78.1 Å². The third-order valence-electron chi connectivity index (χ3n) is 4.92. The molecule has 3 aromatic rings. The number of aromatic amines is 1. The lowest BCUT2D eigenvalue weighted by Gasteiger charge is -2.12. The number of benzene rings is 1. The third kappa shape index (κ3) is 3.47. The molecule has 1 aromatic carbocycles. The van der Waals surface area contributed by atoms with E-state index in [1.54, 1.807) is 19.0 Å². The lowest BCUT2D eigenvalue weighted by Crippen LogP contribution is -2.28. The number of hydrogen-bond acceptors (Lipinski definition) is 4. The summed E-state index contributed by atoms with van der Waals surface area (Å²) >= 11 is 1.43. The standard InChI is InChI=1S/C20H22N4O2S/c1-11(16-8-9-17(27-16)20(26)24(2)3)21-19(25)13-10-12(13)18-22-14-6-4-5-7-15(14)23-18/h4-9,11-13H,10H2,1-3H3,(H,21,25)(H,22,23)/t11?,12-,13-/m0/s1. The fourth-order valence-electron chi connectivity index (χ4n) is 3.25. The summed E-state index contributed by atoms with van der Waals surface area (Å²) in [5.41, 5.74) is 1.94. The number of carbonyl (C=O) groups is 2. The molecule has 7 heteroatoms. The number of H-pyrrole nitrogens is 1. The van der Waals surface area contributed by atoms with Gasteiger partial charge in [-0.3, -0.25) is 9.59 Å². The van der Waals surface area contributed by atoms with Crippen molar-refractivity contribution in [2.45, 2.75) is 25.3 Å². The molecule has 0 saturated heterocycles. The Bertz CT molecular complexity index is 973. The predicted molar refractivity (Wildman–Crippen MR) is 106 cm³/mol. The first-order chi connectivity index (χ1) is 12.9. The summed E-state index contributed by atoms with van der Waals surface area (Å²) in [5.74, 6) is 1.02. The van der Waals surface area contributed by atoms with E-state index in [0.29, 0.717) is 4.88 Å². The Balaban J connectivity index is 1.39. The third-order valence-corrected chi connectivity index (χ3v) is 6.17. The van der Waals surface area contributed by atoms with E-state index < -0.39 is 0 Å². The molecule has 4 rings (SSSR count). The first-order valence-corrected chi connectivity index (χ1v) is 9.82. The van der Waals surface area contributed by atoms with Gasteiger partial charge in [0.25, 0.3) is 5.91 Å².